The zero-order valence-corrected chi connectivity index (χ0v) is 16.2. The molecule has 2 amide bonds. The molecule has 1 aromatic rings. The maximum atomic E-state index is 12.9. The van der Waals surface area contributed by atoms with E-state index in [4.69, 9.17) is 4.84 Å². The number of oxime groups is 1. The highest BCUT2D eigenvalue weighted by molar-refractivity contribution is 5.93. The number of H-pyrrole nitrogens is 1. The van der Waals surface area contributed by atoms with E-state index in [1.165, 1.54) is 0 Å². The van der Waals surface area contributed by atoms with Crippen molar-refractivity contribution in [2.45, 2.75) is 58.1 Å². The zero-order chi connectivity index (χ0) is 19.2. The molecule has 8 nitrogen and oxygen atoms in total. The fourth-order valence-corrected chi connectivity index (χ4v) is 4.61. The van der Waals surface area contributed by atoms with Crippen molar-refractivity contribution in [3.8, 4) is 0 Å². The highest BCUT2D eigenvalue weighted by atomic mass is 16.6. The van der Waals surface area contributed by atoms with E-state index in [0.717, 1.165) is 23.5 Å². The molecule has 0 radical (unpaired) electrons. The Kier molecular flexibility index (Phi) is 4.44. The van der Waals surface area contributed by atoms with Gasteiger partial charge in [-0.25, -0.2) is 4.98 Å². The maximum Gasteiger partial charge on any atom is 0.266 e. The van der Waals surface area contributed by atoms with Gasteiger partial charge in [-0.15, -0.1) is 0 Å². The molecule has 146 valence electrons. The van der Waals surface area contributed by atoms with Crippen LogP contribution in [0.4, 0.5) is 0 Å². The number of amides is 2. The summed E-state index contributed by atoms with van der Waals surface area (Å²) in [5, 5.41) is 4.08. The Hall–Kier alpha value is -2.38. The van der Waals surface area contributed by atoms with E-state index in [2.05, 4.69) is 29.0 Å². The largest absolute Gasteiger partial charge is 0.382 e. The third kappa shape index (κ3) is 2.91. The molecule has 1 fully saturated rings. The number of piperidine rings is 1. The lowest BCUT2D eigenvalue weighted by Crippen LogP contribution is -2.59. The predicted octanol–water partition coefficient (Wildman–Crippen LogP) is 1.43. The number of rotatable bonds is 2. The minimum absolute atomic E-state index is 0.00307. The van der Waals surface area contributed by atoms with Crippen LogP contribution in [0, 0.1) is 5.92 Å². The predicted molar refractivity (Wildman–Crippen MR) is 98.9 cm³/mol. The van der Waals surface area contributed by atoms with E-state index in [1.807, 2.05) is 9.80 Å². The highest BCUT2D eigenvalue weighted by Crippen LogP contribution is 2.42. The van der Waals surface area contributed by atoms with Crippen molar-refractivity contribution >= 4 is 17.5 Å². The summed E-state index contributed by atoms with van der Waals surface area (Å²) in [6, 6.07) is 0. The molecular weight excluding hydrogens is 346 g/mol. The summed E-state index contributed by atoms with van der Waals surface area (Å²) >= 11 is 0. The second-order valence-electron chi connectivity index (χ2n) is 8.04. The molecule has 1 spiro atoms. The summed E-state index contributed by atoms with van der Waals surface area (Å²) in [6.07, 6.45) is 3.96. The van der Waals surface area contributed by atoms with Crippen LogP contribution in [0.15, 0.2) is 11.5 Å². The average Bonchev–Trinajstić information content (AvgIpc) is 3.32. The third-order valence-electron chi connectivity index (χ3n) is 6.18. The first-order chi connectivity index (χ1) is 12.9. The Bertz CT molecular complexity index is 776. The number of imidazole rings is 1. The number of likely N-dealkylation sites (tertiary alicyclic amines) is 1. The van der Waals surface area contributed by atoms with Crippen LogP contribution in [0.2, 0.25) is 0 Å². The fraction of sp³-hybridized carbons (Fsp3) is 0.684. The van der Waals surface area contributed by atoms with Crippen LogP contribution in [0.1, 0.15) is 51.4 Å². The number of hydrogen-bond donors (Lipinski definition) is 1. The Labute approximate surface area is 158 Å². The topological polar surface area (TPSA) is 90.9 Å². The van der Waals surface area contributed by atoms with Gasteiger partial charge in [0.15, 0.2) is 0 Å². The number of aromatic amines is 1. The van der Waals surface area contributed by atoms with Gasteiger partial charge < -0.3 is 19.6 Å². The van der Waals surface area contributed by atoms with Crippen molar-refractivity contribution in [2.24, 2.45) is 11.1 Å². The first-order valence-electron chi connectivity index (χ1n) is 9.74. The maximum absolute atomic E-state index is 12.9. The Morgan fingerprint density at radius 2 is 2.04 bits per heavy atom. The standard InChI is InChI=1S/C19H27N5O3/c1-12(2)15-10-16(27-22-15)18(26)23-8-5-19(6-9-23)17-14(20-11-21-17)4-7-24(19)13(3)25/h11-12,16H,4-10H2,1-3H3,(H,20,21). The van der Waals surface area contributed by atoms with Crippen molar-refractivity contribution < 1.29 is 14.4 Å². The molecule has 4 rings (SSSR count). The number of fused-ring (bicyclic) bond motifs is 2. The molecular formula is C19H27N5O3. The van der Waals surface area contributed by atoms with Crippen molar-refractivity contribution in [3.63, 3.8) is 0 Å². The number of nitrogens with one attached hydrogen (secondary N) is 1. The number of nitrogens with zero attached hydrogens (tertiary/aromatic N) is 4. The molecule has 0 aromatic carbocycles. The molecule has 3 aliphatic rings. The van der Waals surface area contributed by atoms with Gasteiger partial charge in [-0.1, -0.05) is 19.0 Å². The molecule has 0 aliphatic carbocycles. The van der Waals surface area contributed by atoms with Gasteiger partial charge in [-0.2, -0.15) is 0 Å². The second kappa shape index (κ2) is 6.65. The van der Waals surface area contributed by atoms with Gasteiger partial charge in [0.25, 0.3) is 5.91 Å². The summed E-state index contributed by atoms with van der Waals surface area (Å²) < 4.78 is 0. The van der Waals surface area contributed by atoms with Gasteiger partial charge in [0.2, 0.25) is 12.0 Å². The van der Waals surface area contributed by atoms with Crippen LogP contribution in [-0.4, -0.2) is 63.0 Å². The molecule has 4 heterocycles. The smallest absolute Gasteiger partial charge is 0.266 e. The molecule has 1 aromatic heterocycles. The Morgan fingerprint density at radius 1 is 1.30 bits per heavy atom. The highest BCUT2D eigenvalue weighted by Gasteiger charge is 2.49. The summed E-state index contributed by atoms with van der Waals surface area (Å²) in [5.41, 5.74) is 2.62. The van der Waals surface area contributed by atoms with E-state index in [1.54, 1.807) is 13.3 Å². The van der Waals surface area contributed by atoms with E-state index in [9.17, 15) is 9.59 Å². The Morgan fingerprint density at radius 3 is 2.67 bits per heavy atom. The SMILES string of the molecule is CC(=O)N1CCc2[nH]cnc2C12CCN(C(=O)C1CC(C(C)C)=NO1)CC2. The lowest BCUT2D eigenvalue weighted by Gasteiger charge is -2.50. The van der Waals surface area contributed by atoms with Gasteiger partial charge in [0.1, 0.15) is 0 Å². The molecule has 1 N–H and O–H groups in total. The van der Waals surface area contributed by atoms with E-state index >= 15 is 0 Å². The molecule has 1 saturated heterocycles. The van der Waals surface area contributed by atoms with Gasteiger partial charge in [-0.3, -0.25) is 9.59 Å². The minimum atomic E-state index is -0.507. The lowest BCUT2D eigenvalue weighted by molar-refractivity contribution is -0.148. The molecule has 1 unspecified atom stereocenters. The van der Waals surface area contributed by atoms with Crippen LogP contribution in [0.5, 0.6) is 0 Å². The average molecular weight is 373 g/mol. The molecule has 27 heavy (non-hydrogen) atoms. The van der Waals surface area contributed by atoms with Crippen molar-refractivity contribution in [1.82, 2.24) is 19.8 Å². The van der Waals surface area contributed by atoms with Crippen molar-refractivity contribution in [3.05, 3.63) is 17.7 Å². The lowest BCUT2D eigenvalue weighted by atomic mass is 9.78. The van der Waals surface area contributed by atoms with Crippen molar-refractivity contribution in [1.29, 1.82) is 0 Å². The summed E-state index contributed by atoms with van der Waals surface area (Å²) in [4.78, 5) is 42.1. The first kappa shape index (κ1) is 18.0. The molecule has 0 bridgehead atoms. The first-order valence-corrected chi connectivity index (χ1v) is 9.74. The van der Waals surface area contributed by atoms with E-state index in [-0.39, 0.29) is 17.7 Å². The minimum Gasteiger partial charge on any atom is -0.382 e. The number of hydrogen-bond acceptors (Lipinski definition) is 5. The van der Waals surface area contributed by atoms with E-state index < -0.39 is 11.6 Å². The van der Waals surface area contributed by atoms with E-state index in [0.29, 0.717) is 38.9 Å². The van der Waals surface area contributed by atoms with Crippen molar-refractivity contribution in [2.75, 3.05) is 19.6 Å². The second-order valence-corrected chi connectivity index (χ2v) is 8.04. The van der Waals surface area contributed by atoms with Gasteiger partial charge in [-0.05, 0) is 18.8 Å². The van der Waals surface area contributed by atoms with Crippen LogP contribution in [0.25, 0.3) is 0 Å². The van der Waals surface area contributed by atoms with Crippen LogP contribution in [0.3, 0.4) is 0 Å². The number of carbonyl (C=O) groups is 2. The zero-order valence-electron chi connectivity index (χ0n) is 16.2. The molecule has 3 aliphatic heterocycles. The molecule has 1 atom stereocenters. The Balaban J connectivity index is 1.48. The van der Waals surface area contributed by atoms with Crippen LogP contribution >= 0.6 is 0 Å². The monoisotopic (exact) mass is 373 g/mol. The number of aromatic nitrogens is 2. The summed E-state index contributed by atoms with van der Waals surface area (Å²) in [7, 11) is 0. The third-order valence-corrected chi connectivity index (χ3v) is 6.18. The summed E-state index contributed by atoms with van der Waals surface area (Å²) in [5.74, 6) is 0.353. The van der Waals surface area contributed by atoms with Crippen LogP contribution < -0.4 is 0 Å². The van der Waals surface area contributed by atoms with Gasteiger partial charge in [0.05, 0.1) is 23.3 Å². The molecule has 0 saturated carbocycles. The van der Waals surface area contributed by atoms with Crippen LogP contribution in [-0.2, 0) is 26.4 Å². The molecule has 8 heteroatoms. The quantitative estimate of drug-likeness (QED) is 0.849. The normalized spacial score (nSPS) is 24.0. The number of carbonyl (C=O) groups excluding carboxylic acids is 2. The fourth-order valence-electron chi connectivity index (χ4n) is 4.61. The summed E-state index contributed by atoms with van der Waals surface area (Å²) in [6.45, 7) is 7.60. The van der Waals surface area contributed by atoms with Gasteiger partial charge in [0, 0.05) is 45.1 Å². The van der Waals surface area contributed by atoms with Gasteiger partial charge >= 0.3 is 0 Å².